The molecule has 0 aromatic heterocycles. The lowest BCUT2D eigenvalue weighted by molar-refractivity contribution is 0.532. The minimum absolute atomic E-state index is 0.552. The van der Waals surface area contributed by atoms with Crippen molar-refractivity contribution in [2.45, 2.75) is 71.8 Å². The lowest BCUT2D eigenvalue weighted by Gasteiger charge is -2.25. The molecule has 1 heterocycles. The summed E-state index contributed by atoms with van der Waals surface area (Å²) in [5.41, 5.74) is 5.05. The largest absolute Gasteiger partial charge is 0.389 e. The van der Waals surface area contributed by atoms with Crippen LogP contribution in [0.5, 0.6) is 0 Å². The highest BCUT2D eigenvalue weighted by Gasteiger charge is 2.13. The first-order chi connectivity index (χ1) is 11.9. The molecule has 25 heavy (non-hydrogen) atoms. The van der Waals surface area contributed by atoms with Crippen molar-refractivity contribution < 1.29 is 0 Å². The maximum atomic E-state index is 4.13. The molecule has 2 unspecified atom stereocenters. The SMILES string of the molecule is C=CC(C)CCNC(=C)CCCC/C(C)=C/C=C1/CCC(C)NC1=C. The lowest BCUT2D eigenvalue weighted by atomic mass is 9.97. The predicted octanol–water partition coefficient (Wildman–Crippen LogP) is 6.02. The van der Waals surface area contributed by atoms with Crippen LogP contribution in [-0.2, 0) is 0 Å². The van der Waals surface area contributed by atoms with Crippen LogP contribution in [0.15, 0.2) is 60.5 Å². The van der Waals surface area contributed by atoms with Gasteiger partial charge in [-0.3, -0.25) is 0 Å². The first kappa shape index (κ1) is 21.3. The molecule has 1 aliphatic rings. The standard InChI is InChI=1S/C23H38N2/c1-7-18(2)16-17-24-20(4)11-9-8-10-19(3)12-14-23-15-13-21(5)25-22(23)6/h7,12,14,18,21,24-25H,1,4,6,8-11,13,15-17H2,2-3,5H3/b19-12+,23-14-. The Kier molecular flexibility index (Phi) is 10.1. The molecule has 2 N–H and O–H groups in total. The number of hydrogen-bond donors (Lipinski definition) is 2. The first-order valence-electron chi connectivity index (χ1n) is 9.78. The molecule has 0 amide bonds. The quantitative estimate of drug-likeness (QED) is 0.354. The third-order valence-corrected chi connectivity index (χ3v) is 4.90. The minimum atomic E-state index is 0.552. The van der Waals surface area contributed by atoms with E-state index < -0.39 is 0 Å². The van der Waals surface area contributed by atoms with Crippen LogP contribution >= 0.6 is 0 Å². The number of rotatable bonds is 11. The Morgan fingerprint density at radius 2 is 2.08 bits per heavy atom. The van der Waals surface area contributed by atoms with Gasteiger partial charge in [-0.05, 0) is 70.3 Å². The zero-order valence-electron chi connectivity index (χ0n) is 16.7. The summed E-state index contributed by atoms with van der Waals surface area (Å²) in [7, 11) is 0. The van der Waals surface area contributed by atoms with E-state index in [4.69, 9.17) is 0 Å². The number of piperidine rings is 1. The molecule has 1 fully saturated rings. The van der Waals surface area contributed by atoms with Crippen LogP contribution in [0.2, 0.25) is 0 Å². The monoisotopic (exact) mass is 342 g/mol. The summed E-state index contributed by atoms with van der Waals surface area (Å²) in [5.74, 6) is 0.570. The van der Waals surface area contributed by atoms with E-state index in [9.17, 15) is 0 Å². The van der Waals surface area contributed by atoms with Crippen molar-refractivity contribution in [1.29, 1.82) is 0 Å². The van der Waals surface area contributed by atoms with Gasteiger partial charge in [-0.2, -0.15) is 0 Å². The molecule has 2 heteroatoms. The van der Waals surface area contributed by atoms with Gasteiger partial charge in [0.1, 0.15) is 0 Å². The van der Waals surface area contributed by atoms with E-state index in [0.717, 1.165) is 37.9 Å². The van der Waals surface area contributed by atoms with E-state index in [1.54, 1.807) is 0 Å². The van der Waals surface area contributed by atoms with Crippen LogP contribution in [0, 0.1) is 5.92 Å². The molecule has 0 radical (unpaired) electrons. The van der Waals surface area contributed by atoms with Crippen molar-refractivity contribution >= 4 is 0 Å². The normalized spacial score (nSPS) is 20.9. The van der Waals surface area contributed by atoms with Crippen molar-refractivity contribution in [3.63, 3.8) is 0 Å². The second kappa shape index (κ2) is 11.8. The minimum Gasteiger partial charge on any atom is -0.389 e. The smallest absolute Gasteiger partial charge is 0.0301 e. The molecule has 2 nitrogen and oxygen atoms in total. The molecule has 0 aliphatic carbocycles. The molecule has 1 aliphatic heterocycles. The number of nitrogens with one attached hydrogen (secondary N) is 2. The van der Waals surface area contributed by atoms with E-state index >= 15 is 0 Å². The summed E-state index contributed by atoms with van der Waals surface area (Å²) in [6, 6.07) is 0.552. The molecule has 140 valence electrons. The average molecular weight is 343 g/mol. The summed E-state index contributed by atoms with van der Waals surface area (Å²) in [4.78, 5) is 0. The lowest BCUT2D eigenvalue weighted by Crippen LogP contribution is -2.30. The number of hydrogen-bond acceptors (Lipinski definition) is 2. The van der Waals surface area contributed by atoms with Crippen LogP contribution in [0.4, 0.5) is 0 Å². The Morgan fingerprint density at radius 3 is 2.76 bits per heavy atom. The molecule has 0 aromatic rings. The van der Waals surface area contributed by atoms with Gasteiger partial charge in [-0.1, -0.05) is 43.9 Å². The topological polar surface area (TPSA) is 24.1 Å². The number of unbranched alkanes of at least 4 members (excludes halogenated alkanes) is 1. The van der Waals surface area contributed by atoms with Gasteiger partial charge in [0.15, 0.2) is 0 Å². The third kappa shape index (κ3) is 9.38. The fourth-order valence-corrected chi connectivity index (χ4v) is 2.92. The van der Waals surface area contributed by atoms with Crippen LogP contribution < -0.4 is 10.6 Å². The van der Waals surface area contributed by atoms with E-state index in [1.807, 2.05) is 6.08 Å². The van der Waals surface area contributed by atoms with Crippen molar-refractivity contribution in [3.05, 3.63) is 60.5 Å². The molecule has 1 rings (SSSR count). The third-order valence-electron chi connectivity index (χ3n) is 4.90. The Morgan fingerprint density at radius 1 is 1.36 bits per heavy atom. The second-order valence-corrected chi connectivity index (χ2v) is 7.51. The Balaban J connectivity index is 2.19. The van der Waals surface area contributed by atoms with Gasteiger partial charge in [-0.25, -0.2) is 0 Å². The summed E-state index contributed by atoms with van der Waals surface area (Å²) in [6.07, 6.45) is 14.6. The molecular weight excluding hydrogens is 304 g/mol. The van der Waals surface area contributed by atoms with Crippen LogP contribution in [-0.4, -0.2) is 12.6 Å². The average Bonchev–Trinajstić information content (AvgIpc) is 2.57. The van der Waals surface area contributed by atoms with Crippen molar-refractivity contribution in [2.24, 2.45) is 5.92 Å². The van der Waals surface area contributed by atoms with Crippen molar-refractivity contribution in [3.8, 4) is 0 Å². The summed E-state index contributed by atoms with van der Waals surface area (Å²) < 4.78 is 0. The Hall–Kier alpha value is -1.70. The van der Waals surface area contributed by atoms with Gasteiger partial charge in [0.05, 0.1) is 0 Å². The highest BCUT2D eigenvalue weighted by atomic mass is 14.9. The van der Waals surface area contributed by atoms with Crippen LogP contribution in [0.3, 0.4) is 0 Å². The maximum Gasteiger partial charge on any atom is 0.0301 e. The zero-order chi connectivity index (χ0) is 18.7. The van der Waals surface area contributed by atoms with Crippen LogP contribution in [0.1, 0.15) is 65.7 Å². The molecular formula is C23H38N2. The summed E-state index contributed by atoms with van der Waals surface area (Å²) in [6.45, 7) is 19.7. The van der Waals surface area contributed by atoms with Crippen molar-refractivity contribution in [1.82, 2.24) is 10.6 Å². The van der Waals surface area contributed by atoms with Gasteiger partial charge < -0.3 is 10.6 Å². The fourth-order valence-electron chi connectivity index (χ4n) is 2.92. The molecule has 0 bridgehead atoms. The Labute approximate surface area is 155 Å². The van der Waals surface area contributed by atoms with Crippen molar-refractivity contribution in [2.75, 3.05) is 6.54 Å². The van der Waals surface area contributed by atoms with Gasteiger partial charge in [0.2, 0.25) is 0 Å². The van der Waals surface area contributed by atoms with Gasteiger partial charge in [0, 0.05) is 24.0 Å². The summed E-state index contributed by atoms with van der Waals surface area (Å²) in [5, 5.41) is 6.86. The maximum absolute atomic E-state index is 4.13. The molecule has 0 spiro atoms. The van der Waals surface area contributed by atoms with Gasteiger partial charge in [0.25, 0.3) is 0 Å². The highest BCUT2D eigenvalue weighted by molar-refractivity contribution is 5.33. The molecule has 0 aromatic carbocycles. The van der Waals surface area contributed by atoms with Crippen LogP contribution in [0.25, 0.3) is 0 Å². The predicted molar refractivity (Wildman–Crippen MR) is 112 cm³/mol. The first-order valence-corrected chi connectivity index (χ1v) is 9.78. The van der Waals surface area contributed by atoms with Gasteiger partial charge >= 0.3 is 0 Å². The molecule has 2 atom stereocenters. The van der Waals surface area contributed by atoms with E-state index in [1.165, 1.54) is 36.1 Å². The Bertz CT molecular complexity index is 510. The van der Waals surface area contributed by atoms with E-state index in [-0.39, 0.29) is 0 Å². The van der Waals surface area contributed by atoms with E-state index in [0.29, 0.717) is 12.0 Å². The fraction of sp³-hybridized carbons (Fsp3) is 0.565. The highest BCUT2D eigenvalue weighted by Crippen LogP contribution is 2.21. The zero-order valence-corrected chi connectivity index (χ0v) is 16.7. The number of allylic oxidation sites excluding steroid dienone is 6. The second-order valence-electron chi connectivity index (χ2n) is 7.51. The summed E-state index contributed by atoms with van der Waals surface area (Å²) >= 11 is 0. The molecule has 1 saturated heterocycles. The van der Waals surface area contributed by atoms with Gasteiger partial charge in [-0.15, -0.1) is 6.58 Å². The van der Waals surface area contributed by atoms with E-state index in [2.05, 4.69) is 63.3 Å². The molecule has 0 saturated carbocycles.